The maximum absolute atomic E-state index is 14.1. The largest absolute Gasteiger partial charge is 0.508 e. The molecule has 0 saturated carbocycles. The van der Waals surface area contributed by atoms with Crippen molar-refractivity contribution in [2.45, 2.75) is 46.1 Å². The molecule has 0 amide bonds. The lowest BCUT2D eigenvalue weighted by molar-refractivity contribution is 0.315. The summed E-state index contributed by atoms with van der Waals surface area (Å²) in [6.07, 6.45) is 1.70. The number of hydrogen-bond acceptors (Lipinski definition) is 2. The topological polar surface area (TPSA) is 23.5 Å². The van der Waals surface area contributed by atoms with Gasteiger partial charge >= 0.3 is 0 Å². The fourth-order valence-electron chi connectivity index (χ4n) is 3.62. The van der Waals surface area contributed by atoms with E-state index in [1.165, 1.54) is 5.56 Å². The van der Waals surface area contributed by atoms with E-state index in [0.29, 0.717) is 11.7 Å². The summed E-state index contributed by atoms with van der Waals surface area (Å²) in [6, 6.07) is 11.8. The number of phenols is 1. The molecular weight excluding hydrogens is 301 g/mol. The Morgan fingerprint density at radius 1 is 1.21 bits per heavy atom. The van der Waals surface area contributed by atoms with E-state index >= 15 is 0 Å². The van der Waals surface area contributed by atoms with Crippen molar-refractivity contribution in [3.8, 4) is 5.75 Å². The number of likely N-dealkylation sites (N-methyl/N-ethyl adjacent to an activating group) is 1. The van der Waals surface area contributed by atoms with Crippen molar-refractivity contribution < 1.29 is 10.9 Å². The van der Waals surface area contributed by atoms with Gasteiger partial charge in [0.1, 0.15) is 11.6 Å². The molecule has 1 aliphatic heterocycles. The molecular formula is C21H30FNO. The van der Waals surface area contributed by atoms with Crippen LogP contribution in [-0.2, 0) is 6.42 Å². The fourth-order valence-corrected chi connectivity index (χ4v) is 3.62. The number of aromatic hydroxyl groups is 1. The second-order valence-corrected chi connectivity index (χ2v) is 6.64. The molecule has 1 fully saturated rings. The summed E-state index contributed by atoms with van der Waals surface area (Å²) >= 11 is 0. The molecule has 0 aliphatic carbocycles. The lowest BCUT2D eigenvalue weighted by atomic mass is 9.92. The standard InChI is InChI=1S/C20H24FNO.CH4.H2/c1-4-14-5-6-16(10-18(14)21)19-11-17(12-22(19)3)15-7-8-20(23)13(2)9-15;;/h5-10,17,19,23H,4,11-12H2,1-3H3;1H4;1H. The van der Waals surface area contributed by atoms with E-state index in [1.807, 2.05) is 26.0 Å². The quantitative estimate of drug-likeness (QED) is 0.809. The molecule has 2 aromatic carbocycles. The van der Waals surface area contributed by atoms with Crippen molar-refractivity contribution in [2.24, 2.45) is 0 Å². The first-order valence-corrected chi connectivity index (χ1v) is 8.27. The van der Waals surface area contributed by atoms with Gasteiger partial charge in [-0.3, -0.25) is 4.90 Å². The highest BCUT2D eigenvalue weighted by atomic mass is 19.1. The molecule has 2 nitrogen and oxygen atoms in total. The average molecular weight is 331 g/mol. The Morgan fingerprint density at radius 2 is 1.92 bits per heavy atom. The van der Waals surface area contributed by atoms with Crippen molar-refractivity contribution in [1.82, 2.24) is 4.90 Å². The molecule has 24 heavy (non-hydrogen) atoms. The van der Waals surface area contributed by atoms with Crippen LogP contribution in [0, 0.1) is 12.7 Å². The van der Waals surface area contributed by atoms with Gasteiger partial charge in [0.25, 0.3) is 0 Å². The highest BCUT2D eigenvalue weighted by Crippen LogP contribution is 2.40. The molecule has 0 spiro atoms. The predicted octanol–water partition coefficient (Wildman–Crippen LogP) is 5.44. The van der Waals surface area contributed by atoms with Gasteiger partial charge in [-0.2, -0.15) is 0 Å². The predicted molar refractivity (Wildman–Crippen MR) is 100 cm³/mol. The molecule has 0 radical (unpaired) electrons. The summed E-state index contributed by atoms with van der Waals surface area (Å²) in [5.74, 6) is 0.661. The second kappa shape index (κ2) is 7.35. The van der Waals surface area contributed by atoms with E-state index in [-0.39, 0.29) is 20.7 Å². The number of aryl methyl sites for hydroxylation is 2. The number of phenolic OH excluding ortho intramolecular Hbond substituents is 1. The Labute approximate surface area is 146 Å². The first kappa shape index (κ1) is 18.5. The Hall–Kier alpha value is -1.87. The Kier molecular flexibility index (Phi) is 5.66. The number of benzene rings is 2. The van der Waals surface area contributed by atoms with Gasteiger partial charge in [0.2, 0.25) is 0 Å². The molecule has 3 heteroatoms. The van der Waals surface area contributed by atoms with E-state index in [0.717, 1.165) is 36.1 Å². The van der Waals surface area contributed by atoms with Crippen molar-refractivity contribution in [3.63, 3.8) is 0 Å². The molecule has 1 N–H and O–H groups in total. The summed E-state index contributed by atoms with van der Waals surface area (Å²) in [5, 5.41) is 9.70. The van der Waals surface area contributed by atoms with E-state index in [9.17, 15) is 9.50 Å². The molecule has 132 valence electrons. The van der Waals surface area contributed by atoms with Gasteiger partial charge in [0.05, 0.1) is 0 Å². The molecule has 3 rings (SSSR count). The van der Waals surface area contributed by atoms with Crippen molar-refractivity contribution in [1.29, 1.82) is 0 Å². The first-order valence-electron chi connectivity index (χ1n) is 8.27. The van der Waals surface area contributed by atoms with Crippen LogP contribution in [0.25, 0.3) is 0 Å². The number of hydrogen-bond donors (Lipinski definition) is 1. The molecule has 0 aromatic heterocycles. The minimum absolute atomic E-state index is 0. The molecule has 0 bridgehead atoms. The smallest absolute Gasteiger partial charge is 0.126 e. The Morgan fingerprint density at radius 3 is 2.54 bits per heavy atom. The zero-order valence-corrected chi connectivity index (χ0v) is 14.0. The van der Waals surface area contributed by atoms with Crippen molar-refractivity contribution >= 4 is 0 Å². The minimum Gasteiger partial charge on any atom is -0.508 e. The zero-order chi connectivity index (χ0) is 16.6. The van der Waals surface area contributed by atoms with Crippen LogP contribution >= 0.6 is 0 Å². The third-order valence-electron chi connectivity index (χ3n) is 5.08. The SMILES string of the molecule is C.CCc1ccc(C2CC(c3ccc(O)c(C)c3)CN2C)cc1F.[HH]. The van der Waals surface area contributed by atoms with Crippen LogP contribution in [0.4, 0.5) is 4.39 Å². The van der Waals surface area contributed by atoms with Gasteiger partial charge < -0.3 is 5.11 Å². The number of halogens is 1. The normalized spacial score (nSPS) is 20.8. The van der Waals surface area contributed by atoms with Crippen LogP contribution in [0.1, 0.15) is 56.4 Å². The molecule has 1 saturated heterocycles. The molecule has 2 atom stereocenters. The average Bonchev–Trinajstić information content (AvgIpc) is 2.92. The summed E-state index contributed by atoms with van der Waals surface area (Å²) in [5.41, 5.74) is 3.99. The van der Waals surface area contributed by atoms with Crippen molar-refractivity contribution in [2.75, 3.05) is 13.6 Å². The van der Waals surface area contributed by atoms with Crippen LogP contribution < -0.4 is 0 Å². The molecule has 2 aromatic rings. The maximum Gasteiger partial charge on any atom is 0.126 e. The number of rotatable bonds is 3. The summed E-state index contributed by atoms with van der Waals surface area (Å²) < 4.78 is 14.1. The van der Waals surface area contributed by atoms with Crippen LogP contribution in [0.5, 0.6) is 5.75 Å². The second-order valence-electron chi connectivity index (χ2n) is 6.64. The summed E-state index contributed by atoms with van der Waals surface area (Å²) in [7, 11) is 2.10. The van der Waals surface area contributed by atoms with E-state index in [1.54, 1.807) is 12.1 Å². The highest BCUT2D eigenvalue weighted by molar-refractivity contribution is 5.37. The number of likely N-dealkylation sites (tertiary alicyclic amines) is 1. The van der Waals surface area contributed by atoms with Gasteiger partial charge in [-0.15, -0.1) is 0 Å². The summed E-state index contributed by atoms with van der Waals surface area (Å²) in [4.78, 5) is 2.30. The first-order chi connectivity index (χ1) is 11.0. The van der Waals surface area contributed by atoms with Crippen LogP contribution in [0.15, 0.2) is 36.4 Å². The highest BCUT2D eigenvalue weighted by Gasteiger charge is 2.31. The van der Waals surface area contributed by atoms with E-state index in [4.69, 9.17) is 0 Å². The third kappa shape index (κ3) is 3.46. The monoisotopic (exact) mass is 331 g/mol. The Bertz CT molecular complexity index is 719. The van der Waals surface area contributed by atoms with Gasteiger partial charge in [0.15, 0.2) is 0 Å². The van der Waals surface area contributed by atoms with Gasteiger partial charge in [-0.25, -0.2) is 4.39 Å². The van der Waals surface area contributed by atoms with E-state index < -0.39 is 0 Å². The summed E-state index contributed by atoms with van der Waals surface area (Å²) in [6.45, 7) is 4.85. The number of nitrogens with zero attached hydrogens (tertiary/aromatic N) is 1. The van der Waals surface area contributed by atoms with Crippen LogP contribution in [-0.4, -0.2) is 23.6 Å². The molecule has 1 heterocycles. The van der Waals surface area contributed by atoms with E-state index in [2.05, 4.69) is 24.1 Å². The fraction of sp³-hybridized carbons (Fsp3) is 0.429. The van der Waals surface area contributed by atoms with Gasteiger partial charge in [-0.05, 0) is 67.1 Å². The lowest BCUT2D eigenvalue weighted by Crippen LogP contribution is -2.18. The Balaban J connectivity index is 0.00000156. The molecule has 2 unspecified atom stereocenters. The van der Waals surface area contributed by atoms with Crippen LogP contribution in [0.2, 0.25) is 0 Å². The third-order valence-corrected chi connectivity index (χ3v) is 5.08. The van der Waals surface area contributed by atoms with Gasteiger partial charge in [0, 0.05) is 14.0 Å². The minimum atomic E-state index is -0.0951. The van der Waals surface area contributed by atoms with Crippen molar-refractivity contribution in [3.05, 3.63) is 64.5 Å². The van der Waals surface area contributed by atoms with Crippen LogP contribution in [0.3, 0.4) is 0 Å². The lowest BCUT2D eigenvalue weighted by Gasteiger charge is -2.20. The van der Waals surface area contributed by atoms with Gasteiger partial charge in [-0.1, -0.05) is 38.6 Å². The maximum atomic E-state index is 14.1. The zero-order valence-electron chi connectivity index (χ0n) is 14.0. The molecule has 1 aliphatic rings.